The number of carbonyl (C=O) groups excluding carboxylic acids is 1. The first-order chi connectivity index (χ1) is 9.15. The van der Waals surface area contributed by atoms with Crippen LogP contribution >= 0.6 is 0 Å². The largest absolute Gasteiger partial charge is 0.356 e. The average Bonchev–Trinajstić information content (AvgIpc) is 2.86. The summed E-state index contributed by atoms with van der Waals surface area (Å²) in [5, 5.41) is 3.10. The molecule has 1 saturated heterocycles. The summed E-state index contributed by atoms with van der Waals surface area (Å²) in [5.74, 6) is 0.642. The minimum absolute atomic E-state index is 0.140. The Morgan fingerprint density at radius 3 is 2.53 bits per heavy atom. The lowest BCUT2D eigenvalue weighted by Crippen LogP contribution is -2.39. The number of amides is 1. The van der Waals surface area contributed by atoms with Crippen molar-refractivity contribution in [2.24, 2.45) is 11.8 Å². The van der Waals surface area contributed by atoms with Crippen molar-refractivity contribution in [1.82, 2.24) is 5.32 Å². The van der Waals surface area contributed by atoms with Gasteiger partial charge in [-0.1, -0.05) is 20.3 Å². The lowest BCUT2D eigenvalue weighted by Gasteiger charge is -2.35. The van der Waals surface area contributed by atoms with Gasteiger partial charge in [0.2, 0.25) is 5.91 Å². The second-order valence-corrected chi connectivity index (χ2v) is 5.99. The van der Waals surface area contributed by atoms with Crippen LogP contribution in [-0.2, 0) is 14.3 Å². The van der Waals surface area contributed by atoms with Gasteiger partial charge < -0.3 is 14.8 Å². The van der Waals surface area contributed by atoms with E-state index in [0.717, 1.165) is 58.3 Å². The highest BCUT2D eigenvalue weighted by Crippen LogP contribution is 2.37. The van der Waals surface area contributed by atoms with Crippen molar-refractivity contribution in [3.05, 3.63) is 0 Å². The highest BCUT2D eigenvalue weighted by atomic mass is 16.7. The number of rotatable bonds is 5. The molecule has 1 saturated carbocycles. The average molecular weight is 269 g/mol. The van der Waals surface area contributed by atoms with E-state index in [1.807, 2.05) is 6.92 Å². The molecule has 0 aromatic rings. The molecule has 0 bridgehead atoms. The Morgan fingerprint density at radius 1 is 1.32 bits per heavy atom. The first-order valence-corrected chi connectivity index (χ1v) is 7.71. The van der Waals surface area contributed by atoms with Gasteiger partial charge in [-0.25, -0.2) is 0 Å². The second-order valence-electron chi connectivity index (χ2n) is 5.99. The summed E-state index contributed by atoms with van der Waals surface area (Å²) in [6.07, 6.45) is 6.15. The molecule has 1 amide bonds. The normalized spacial score (nSPS) is 24.5. The quantitative estimate of drug-likeness (QED) is 0.834. The Kier molecular flexibility index (Phi) is 5.22. The van der Waals surface area contributed by atoms with Gasteiger partial charge in [-0.05, 0) is 25.2 Å². The van der Waals surface area contributed by atoms with Crippen LogP contribution in [0.5, 0.6) is 0 Å². The van der Waals surface area contributed by atoms with Crippen LogP contribution in [0.25, 0.3) is 0 Å². The standard InChI is InChI=1S/C15H27NO3/c1-3-4-12(2)14(17)16-11-13-5-7-15(8-6-13)18-9-10-19-15/h12-13H,3-11H2,1-2H3,(H,16,17). The van der Waals surface area contributed by atoms with Crippen LogP contribution in [0.15, 0.2) is 0 Å². The topological polar surface area (TPSA) is 47.6 Å². The van der Waals surface area contributed by atoms with Crippen LogP contribution in [0.1, 0.15) is 52.4 Å². The van der Waals surface area contributed by atoms with E-state index in [2.05, 4.69) is 12.2 Å². The molecule has 0 radical (unpaired) electrons. The predicted molar refractivity (Wildman–Crippen MR) is 73.7 cm³/mol. The third kappa shape index (κ3) is 3.93. The van der Waals surface area contributed by atoms with Gasteiger partial charge in [-0.15, -0.1) is 0 Å². The second kappa shape index (κ2) is 6.71. The Labute approximate surface area is 116 Å². The van der Waals surface area contributed by atoms with Crippen LogP contribution < -0.4 is 5.32 Å². The smallest absolute Gasteiger partial charge is 0.222 e. The van der Waals surface area contributed by atoms with Crippen LogP contribution in [0, 0.1) is 11.8 Å². The van der Waals surface area contributed by atoms with E-state index < -0.39 is 0 Å². The van der Waals surface area contributed by atoms with Crippen LogP contribution in [-0.4, -0.2) is 31.5 Å². The van der Waals surface area contributed by atoms with Crippen LogP contribution in [0.4, 0.5) is 0 Å². The molecule has 1 N–H and O–H groups in total. The summed E-state index contributed by atoms with van der Waals surface area (Å²) >= 11 is 0. The number of hydrogen-bond donors (Lipinski definition) is 1. The molecular formula is C15H27NO3. The highest BCUT2D eigenvalue weighted by molar-refractivity contribution is 5.78. The van der Waals surface area contributed by atoms with E-state index in [1.54, 1.807) is 0 Å². The molecule has 110 valence electrons. The van der Waals surface area contributed by atoms with E-state index >= 15 is 0 Å². The van der Waals surface area contributed by atoms with Crippen molar-refractivity contribution >= 4 is 5.91 Å². The molecule has 0 aromatic heterocycles. The Bertz CT molecular complexity index is 290. The summed E-state index contributed by atoms with van der Waals surface area (Å²) in [7, 11) is 0. The summed E-state index contributed by atoms with van der Waals surface area (Å²) < 4.78 is 11.4. The molecule has 1 atom stereocenters. The first kappa shape index (κ1) is 14.8. The highest BCUT2D eigenvalue weighted by Gasteiger charge is 2.40. The van der Waals surface area contributed by atoms with Gasteiger partial charge >= 0.3 is 0 Å². The third-order valence-corrected chi connectivity index (χ3v) is 4.41. The van der Waals surface area contributed by atoms with Crippen molar-refractivity contribution in [2.75, 3.05) is 19.8 Å². The zero-order valence-electron chi connectivity index (χ0n) is 12.2. The third-order valence-electron chi connectivity index (χ3n) is 4.41. The fraction of sp³-hybridized carbons (Fsp3) is 0.933. The maximum atomic E-state index is 11.9. The predicted octanol–water partition coefficient (Wildman–Crippen LogP) is 2.47. The van der Waals surface area contributed by atoms with Gasteiger partial charge in [0.25, 0.3) is 0 Å². The molecule has 1 unspecified atom stereocenters. The summed E-state index contributed by atoms with van der Waals surface area (Å²) in [5.41, 5.74) is 0. The molecular weight excluding hydrogens is 242 g/mol. The fourth-order valence-corrected chi connectivity index (χ4v) is 3.09. The van der Waals surface area contributed by atoms with Gasteiger partial charge in [0.1, 0.15) is 0 Å². The molecule has 1 aliphatic heterocycles. The SMILES string of the molecule is CCCC(C)C(=O)NCC1CCC2(CC1)OCCO2. The maximum absolute atomic E-state index is 11.9. The van der Waals surface area contributed by atoms with Gasteiger partial charge in [-0.2, -0.15) is 0 Å². The molecule has 2 rings (SSSR count). The summed E-state index contributed by atoms with van der Waals surface area (Å²) in [4.78, 5) is 11.9. The van der Waals surface area contributed by atoms with Gasteiger partial charge in [0, 0.05) is 25.3 Å². The first-order valence-electron chi connectivity index (χ1n) is 7.71. The number of carbonyl (C=O) groups is 1. The van der Waals surface area contributed by atoms with Crippen LogP contribution in [0.2, 0.25) is 0 Å². The van der Waals surface area contributed by atoms with Crippen molar-refractivity contribution in [3.63, 3.8) is 0 Å². The molecule has 4 nitrogen and oxygen atoms in total. The molecule has 2 aliphatic rings. The zero-order valence-corrected chi connectivity index (χ0v) is 12.2. The number of nitrogens with one attached hydrogen (secondary N) is 1. The van der Waals surface area contributed by atoms with Crippen molar-refractivity contribution < 1.29 is 14.3 Å². The Hall–Kier alpha value is -0.610. The number of ether oxygens (including phenoxy) is 2. The summed E-state index contributed by atoms with van der Waals surface area (Å²) in [6, 6.07) is 0. The van der Waals surface area contributed by atoms with Crippen molar-refractivity contribution in [1.29, 1.82) is 0 Å². The van der Waals surface area contributed by atoms with Crippen molar-refractivity contribution in [2.45, 2.75) is 58.2 Å². The summed E-state index contributed by atoms with van der Waals surface area (Å²) in [6.45, 7) is 6.40. The fourth-order valence-electron chi connectivity index (χ4n) is 3.09. The van der Waals surface area contributed by atoms with E-state index in [0.29, 0.717) is 5.92 Å². The monoisotopic (exact) mass is 269 g/mol. The van der Waals surface area contributed by atoms with E-state index in [9.17, 15) is 4.79 Å². The lowest BCUT2D eigenvalue weighted by molar-refractivity contribution is -0.182. The lowest BCUT2D eigenvalue weighted by atomic mass is 9.85. The van der Waals surface area contributed by atoms with Crippen molar-refractivity contribution in [3.8, 4) is 0 Å². The molecule has 4 heteroatoms. The molecule has 2 fully saturated rings. The molecule has 19 heavy (non-hydrogen) atoms. The number of hydrogen-bond acceptors (Lipinski definition) is 3. The van der Waals surface area contributed by atoms with Gasteiger partial charge in [0.05, 0.1) is 13.2 Å². The van der Waals surface area contributed by atoms with Gasteiger partial charge in [-0.3, -0.25) is 4.79 Å². The van der Waals surface area contributed by atoms with E-state index in [1.165, 1.54) is 0 Å². The Balaban J connectivity index is 1.67. The molecule has 1 heterocycles. The minimum atomic E-state index is -0.282. The van der Waals surface area contributed by atoms with E-state index in [-0.39, 0.29) is 17.6 Å². The van der Waals surface area contributed by atoms with Gasteiger partial charge in [0.15, 0.2) is 5.79 Å². The van der Waals surface area contributed by atoms with Crippen LogP contribution in [0.3, 0.4) is 0 Å². The Morgan fingerprint density at radius 2 is 1.95 bits per heavy atom. The zero-order chi connectivity index (χ0) is 13.7. The molecule has 0 aromatic carbocycles. The van der Waals surface area contributed by atoms with E-state index in [4.69, 9.17) is 9.47 Å². The minimum Gasteiger partial charge on any atom is -0.356 e. The molecule has 1 spiro atoms. The molecule has 1 aliphatic carbocycles. The maximum Gasteiger partial charge on any atom is 0.222 e.